The molecule has 0 aliphatic rings. The molecule has 1 N–H and O–H groups in total. The van der Waals surface area contributed by atoms with Gasteiger partial charge in [0.15, 0.2) is 0 Å². The first-order valence-electron chi connectivity index (χ1n) is 6.09. The Bertz CT molecular complexity index is 441. The van der Waals surface area contributed by atoms with E-state index in [4.69, 9.17) is 0 Å². The average Bonchev–Trinajstić information content (AvgIpc) is 2.08. The topological polar surface area (TPSA) is 42.2 Å². The monoisotopic (exact) mass is 237 g/mol. The van der Waals surface area contributed by atoms with Crippen molar-refractivity contribution in [3.63, 3.8) is 0 Å². The van der Waals surface area contributed by atoms with E-state index in [-0.39, 0.29) is 16.7 Å². The Morgan fingerprint density at radius 3 is 2.41 bits per heavy atom. The Kier molecular flexibility index (Phi) is 4.02. The maximum atomic E-state index is 11.8. The van der Waals surface area contributed by atoms with E-state index in [1.54, 1.807) is 10.6 Å². The molecule has 0 aromatic carbocycles. The molecule has 1 heterocycles. The summed E-state index contributed by atoms with van der Waals surface area (Å²) >= 11 is 0. The van der Waals surface area contributed by atoms with Crippen molar-refractivity contribution in [2.24, 2.45) is 11.3 Å². The Balaban J connectivity index is 2.86. The van der Waals surface area contributed by atoms with Gasteiger partial charge in [0.2, 0.25) is 0 Å². The molecule has 0 spiro atoms. The second-order valence-electron chi connectivity index (χ2n) is 6.17. The van der Waals surface area contributed by atoms with Crippen molar-refractivity contribution in [1.29, 1.82) is 0 Å². The molecule has 1 aromatic heterocycles. The summed E-state index contributed by atoms with van der Waals surface area (Å²) in [5, 5.41) is 9.33. The molecule has 1 rings (SSSR count). The lowest BCUT2D eigenvalue weighted by atomic mass is 9.85. The van der Waals surface area contributed by atoms with Gasteiger partial charge < -0.3 is 9.67 Å². The lowest BCUT2D eigenvalue weighted by Gasteiger charge is -2.24. The second-order valence-corrected chi connectivity index (χ2v) is 6.17. The number of hydrogen-bond donors (Lipinski definition) is 1. The lowest BCUT2D eigenvalue weighted by molar-refractivity contribution is 0.282. The number of aryl methyl sites for hydroxylation is 1. The van der Waals surface area contributed by atoms with E-state index in [1.807, 2.05) is 6.92 Å². The minimum Gasteiger partial charge on any atom is -0.508 e. The minimum atomic E-state index is -0.122. The summed E-state index contributed by atoms with van der Waals surface area (Å²) in [6.45, 7) is 11.3. The average molecular weight is 237 g/mol. The van der Waals surface area contributed by atoms with Crippen molar-refractivity contribution in [3.05, 3.63) is 28.2 Å². The van der Waals surface area contributed by atoms with Crippen molar-refractivity contribution < 1.29 is 5.11 Å². The van der Waals surface area contributed by atoms with Crippen LogP contribution < -0.4 is 5.56 Å². The number of nitrogens with zero attached hydrogens (tertiary/aromatic N) is 1. The van der Waals surface area contributed by atoms with Gasteiger partial charge >= 0.3 is 0 Å². The summed E-state index contributed by atoms with van der Waals surface area (Å²) in [7, 11) is 0. The fourth-order valence-corrected chi connectivity index (χ4v) is 2.37. The Labute approximate surface area is 103 Å². The lowest BCUT2D eigenvalue weighted by Crippen LogP contribution is -2.26. The summed E-state index contributed by atoms with van der Waals surface area (Å²) in [5.41, 5.74) is 0.965. The first-order valence-corrected chi connectivity index (χ1v) is 6.09. The zero-order valence-corrected chi connectivity index (χ0v) is 11.4. The molecule has 3 heteroatoms. The van der Waals surface area contributed by atoms with Gasteiger partial charge in [0.05, 0.1) is 0 Å². The molecule has 0 bridgehead atoms. The SMILES string of the molecule is Cc1cc(O)cc(=O)n1CC(C)CC(C)(C)C. The normalized spacial score (nSPS) is 13.7. The summed E-state index contributed by atoms with van der Waals surface area (Å²) in [4.78, 5) is 11.8. The molecule has 17 heavy (non-hydrogen) atoms. The second kappa shape index (κ2) is 4.94. The molecule has 0 radical (unpaired) electrons. The van der Waals surface area contributed by atoms with Gasteiger partial charge in [-0.3, -0.25) is 4.79 Å². The third-order valence-corrected chi connectivity index (χ3v) is 2.77. The summed E-state index contributed by atoms with van der Waals surface area (Å²) in [6.07, 6.45) is 1.07. The van der Waals surface area contributed by atoms with Crippen LogP contribution in [-0.2, 0) is 6.54 Å². The van der Waals surface area contributed by atoms with Crippen LogP contribution in [0.15, 0.2) is 16.9 Å². The molecule has 1 unspecified atom stereocenters. The summed E-state index contributed by atoms with van der Waals surface area (Å²) in [5.74, 6) is 0.489. The van der Waals surface area contributed by atoms with E-state index in [0.717, 1.165) is 12.1 Å². The van der Waals surface area contributed by atoms with Crippen molar-refractivity contribution in [2.45, 2.75) is 47.6 Å². The van der Waals surface area contributed by atoms with Gasteiger partial charge in [-0.05, 0) is 30.7 Å². The predicted molar refractivity (Wildman–Crippen MR) is 70.3 cm³/mol. The number of aromatic nitrogens is 1. The fraction of sp³-hybridized carbons (Fsp3) is 0.643. The Hall–Kier alpha value is -1.25. The number of pyridine rings is 1. The van der Waals surface area contributed by atoms with Crippen LogP contribution in [0.2, 0.25) is 0 Å². The van der Waals surface area contributed by atoms with E-state index in [9.17, 15) is 9.90 Å². The van der Waals surface area contributed by atoms with Crippen LogP contribution in [-0.4, -0.2) is 9.67 Å². The minimum absolute atomic E-state index is 0.0484. The van der Waals surface area contributed by atoms with Crippen molar-refractivity contribution >= 4 is 0 Å². The van der Waals surface area contributed by atoms with Gasteiger partial charge in [0.1, 0.15) is 5.75 Å². The maximum Gasteiger partial charge on any atom is 0.254 e. The highest BCUT2D eigenvalue weighted by molar-refractivity contribution is 5.21. The van der Waals surface area contributed by atoms with Gasteiger partial charge in [-0.1, -0.05) is 27.7 Å². The third-order valence-electron chi connectivity index (χ3n) is 2.77. The van der Waals surface area contributed by atoms with Crippen LogP contribution in [0.3, 0.4) is 0 Å². The Morgan fingerprint density at radius 2 is 1.94 bits per heavy atom. The molecular weight excluding hydrogens is 214 g/mol. The van der Waals surface area contributed by atoms with Crippen LogP contribution in [0.4, 0.5) is 0 Å². The number of aromatic hydroxyl groups is 1. The molecule has 0 aliphatic carbocycles. The smallest absolute Gasteiger partial charge is 0.254 e. The highest BCUT2D eigenvalue weighted by Gasteiger charge is 2.16. The van der Waals surface area contributed by atoms with E-state index >= 15 is 0 Å². The highest BCUT2D eigenvalue weighted by atomic mass is 16.3. The van der Waals surface area contributed by atoms with Crippen molar-refractivity contribution in [2.75, 3.05) is 0 Å². The zero-order valence-electron chi connectivity index (χ0n) is 11.4. The predicted octanol–water partition coefficient (Wildman–Crippen LogP) is 2.93. The first-order chi connectivity index (χ1) is 7.69. The van der Waals surface area contributed by atoms with Crippen molar-refractivity contribution in [1.82, 2.24) is 4.57 Å². The largest absolute Gasteiger partial charge is 0.508 e. The molecule has 0 saturated carbocycles. The van der Waals surface area contributed by atoms with Crippen LogP contribution in [0.25, 0.3) is 0 Å². The van der Waals surface area contributed by atoms with Gasteiger partial charge in [-0.2, -0.15) is 0 Å². The standard InChI is InChI=1S/C14H23NO2/c1-10(8-14(3,4)5)9-15-11(2)6-12(16)7-13(15)17/h6-7,10,16H,8-9H2,1-5H3. The molecule has 3 nitrogen and oxygen atoms in total. The van der Waals surface area contributed by atoms with Crippen LogP contribution in [0.5, 0.6) is 5.75 Å². The van der Waals surface area contributed by atoms with Gasteiger partial charge in [0, 0.05) is 18.3 Å². The molecule has 0 amide bonds. The van der Waals surface area contributed by atoms with Crippen LogP contribution in [0.1, 0.15) is 39.8 Å². The van der Waals surface area contributed by atoms with Gasteiger partial charge in [0.25, 0.3) is 5.56 Å². The summed E-state index contributed by atoms with van der Waals surface area (Å²) in [6, 6.07) is 2.90. The van der Waals surface area contributed by atoms with Gasteiger partial charge in [-0.25, -0.2) is 0 Å². The quantitative estimate of drug-likeness (QED) is 0.878. The Morgan fingerprint density at radius 1 is 1.35 bits per heavy atom. The molecule has 0 aliphatic heterocycles. The highest BCUT2D eigenvalue weighted by Crippen LogP contribution is 2.25. The van der Waals surface area contributed by atoms with E-state index in [0.29, 0.717) is 12.5 Å². The first kappa shape index (κ1) is 13.8. The maximum absolute atomic E-state index is 11.8. The molecule has 0 saturated heterocycles. The molecule has 1 atom stereocenters. The molecule has 0 fully saturated rings. The number of hydrogen-bond acceptors (Lipinski definition) is 2. The molecule has 96 valence electrons. The summed E-state index contributed by atoms with van der Waals surface area (Å²) < 4.78 is 1.73. The van der Waals surface area contributed by atoms with E-state index < -0.39 is 0 Å². The molecule has 1 aromatic rings. The van der Waals surface area contributed by atoms with Gasteiger partial charge in [-0.15, -0.1) is 0 Å². The third kappa shape index (κ3) is 4.25. The number of rotatable bonds is 3. The van der Waals surface area contributed by atoms with E-state index in [1.165, 1.54) is 6.07 Å². The fourth-order valence-electron chi connectivity index (χ4n) is 2.37. The zero-order chi connectivity index (χ0) is 13.2. The van der Waals surface area contributed by atoms with E-state index in [2.05, 4.69) is 27.7 Å². The molecular formula is C14H23NO2. The van der Waals surface area contributed by atoms with Crippen molar-refractivity contribution in [3.8, 4) is 5.75 Å². The van der Waals surface area contributed by atoms with Crippen LogP contribution >= 0.6 is 0 Å². The van der Waals surface area contributed by atoms with Crippen LogP contribution in [0, 0.1) is 18.3 Å².